The molecular weight excluding hydrogens is 112 g/mol. The Morgan fingerprint density at radius 1 is 1.56 bits per heavy atom. The molecule has 2 heteroatoms. The Labute approximate surface area is 57.3 Å². The highest BCUT2D eigenvalue weighted by Gasteiger charge is 1.83. The van der Waals surface area contributed by atoms with Crippen LogP contribution < -0.4 is 5.73 Å². The van der Waals surface area contributed by atoms with E-state index in [4.69, 9.17) is 5.73 Å². The first-order valence-electron chi connectivity index (χ1n) is 3.38. The molecule has 0 aromatic rings. The van der Waals surface area contributed by atoms with Crippen molar-refractivity contribution in [2.24, 2.45) is 5.73 Å². The molecule has 0 rings (SSSR count). The molecule has 0 unspecified atom stereocenters. The van der Waals surface area contributed by atoms with Gasteiger partial charge in [-0.05, 0) is 12.6 Å². The highest BCUT2D eigenvalue weighted by Crippen LogP contribution is 1.85. The quantitative estimate of drug-likeness (QED) is 0.607. The average molecular weight is 128 g/mol. The lowest BCUT2D eigenvalue weighted by molar-refractivity contribution is 0.453. The minimum Gasteiger partial charge on any atom is -0.381 e. The molecule has 0 aliphatic heterocycles. The van der Waals surface area contributed by atoms with Crippen LogP contribution in [0.3, 0.4) is 0 Å². The van der Waals surface area contributed by atoms with Gasteiger partial charge in [-0.25, -0.2) is 0 Å². The first-order chi connectivity index (χ1) is 4.31. The van der Waals surface area contributed by atoms with Gasteiger partial charge in [-0.1, -0.05) is 13.0 Å². The third kappa shape index (κ3) is 5.37. The van der Waals surface area contributed by atoms with Crippen LogP contribution in [0.15, 0.2) is 12.3 Å². The van der Waals surface area contributed by atoms with Crippen molar-refractivity contribution in [1.29, 1.82) is 0 Å². The van der Waals surface area contributed by atoms with Crippen LogP contribution >= 0.6 is 0 Å². The zero-order valence-corrected chi connectivity index (χ0v) is 6.30. The predicted molar refractivity (Wildman–Crippen MR) is 41.1 cm³/mol. The molecule has 0 atom stereocenters. The molecule has 0 radical (unpaired) electrons. The number of hydrogen-bond acceptors (Lipinski definition) is 2. The smallest absolute Gasteiger partial charge is 0.0166 e. The second-order valence-electron chi connectivity index (χ2n) is 2.10. The molecular formula is C7H16N2. The molecule has 0 fully saturated rings. The number of rotatable bonds is 4. The SMILES string of the molecule is CCCN(C)C=CCN. The van der Waals surface area contributed by atoms with Crippen LogP contribution in [0.25, 0.3) is 0 Å². The zero-order valence-electron chi connectivity index (χ0n) is 6.30. The summed E-state index contributed by atoms with van der Waals surface area (Å²) >= 11 is 0. The molecule has 54 valence electrons. The lowest BCUT2D eigenvalue weighted by Gasteiger charge is -2.10. The first kappa shape index (κ1) is 8.50. The maximum absolute atomic E-state index is 5.26. The largest absolute Gasteiger partial charge is 0.381 e. The predicted octanol–water partition coefficient (Wildman–Crippen LogP) is 0.801. The molecule has 0 amide bonds. The van der Waals surface area contributed by atoms with E-state index in [0.29, 0.717) is 6.54 Å². The molecule has 0 bridgehead atoms. The van der Waals surface area contributed by atoms with Crippen LogP contribution in [-0.2, 0) is 0 Å². The van der Waals surface area contributed by atoms with Gasteiger partial charge in [-0.15, -0.1) is 0 Å². The molecule has 0 aromatic heterocycles. The van der Waals surface area contributed by atoms with E-state index in [2.05, 4.69) is 18.9 Å². The van der Waals surface area contributed by atoms with E-state index in [9.17, 15) is 0 Å². The van der Waals surface area contributed by atoms with E-state index < -0.39 is 0 Å². The number of hydrogen-bond donors (Lipinski definition) is 1. The van der Waals surface area contributed by atoms with Crippen molar-refractivity contribution in [1.82, 2.24) is 4.90 Å². The molecule has 0 aliphatic rings. The minimum absolute atomic E-state index is 0.633. The van der Waals surface area contributed by atoms with Gasteiger partial charge in [0.05, 0.1) is 0 Å². The Kier molecular flexibility index (Phi) is 5.32. The highest BCUT2D eigenvalue weighted by atomic mass is 15.1. The Morgan fingerprint density at radius 2 is 2.22 bits per heavy atom. The summed E-state index contributed by atoms with van der Waals surface area (Å²) in [6, 6.07) is 0. The van der Waals surface area contributed by atoms with Crippen molar-refractivity contribution >= 4 is 0 Å². The maximum atomic E-state index is 5.26. The monoisotopic (exact) mass is 128 g/mol. The van der Waals surface area contributed by atoms with Gasteiger partial charge in [0.25, 0.3) is 0 Å². The summed E-state index contributed by atoms with van der Waals surface area (Å²) in [6.07, 6.45) is 5.16. The Bertz CT molecular complexity index is 79.0. The molecule has 0 saturated heterocycles. The fraction of sp³-hybridized carbons (Fsp3) is 0.714. The zero-order chi connectivity index (χ0) is 7.11. The summed E-state index contributed by atoms with van der Waals surface area (Å²) in [5.74, 6) is 0. The van der Waals surface area contributed by atoms with Crippen molar-refractivity contribution < 1.29 is 0 Å². The van der Waals surface area contributed by atoms with E-state index in [1.54, 1.807) is 0 Å². The van der Waals surface area contributed by atoms with Crippen LogP contribution in [0.5, 0.6) is 0 Å². The third-order valence-electron chi connectivity index (χ3n) is 1.07. The van der Waals surface area contributed by atoms with Gasteiger partial charge in [-0.3, -0.25) is 0 Å². The summed E-state index contributed by atoms with van der Waals surface area (Å²) in [4.78, 5) is 2.13. The molecule has 2 N–H and O–H groups in total. The van der Waals surface area contributed by atoms with Crippen LogP contribution in [0.4, 0.5) is 0 Å². The van der Waals surface area contributed by atoms with E-state index in [1.807, 2.05) is 12.3 Å². The van der Waals surface area contributed by atoms with Crippen LogP contribution in [-0.4, -0.2) is 25.0 Å². The summed E-state index contributed by atoms with van der Waals surface area (Å²) in [5, 5.41) is 0. The van der Waals surface area contributed by atoms with E-state index in [-0.39, 0.29) is 0 Å². The average Bonchev–Trinajstić information content (AvgIpc) is 1.85. The van der Waals surface area contributed by atoms with Crippen molar-refractivity contribution in [3.05, 3.63) is 12.3 Å². The summed E-state index contributed by atoms with van der Waals surface area (Å²) in [5.41, 5.74) is 5.26. The molecule has 0 aliphatic carbocycles. The second-order valence-corrected chi connectivity index (χ2v) is 2.10. The van der Waals surface area contributed by atoms with Crippen molar-refractivity contribution in [3.8, 4) is 0 Å². The topological polar surface area (TPSA) is 29.3 Å². The van der Waals surface area contributed by atoms with Gasteiger partial charge >= 0.3 is 0 Å². The molecule has 0 heterocycles. The fourth-order valence-corrected chi connectivity index (χ4v) is 0.668. The van der Waals surface area contributed by atoms with Crippen LogP contribution in [0.2, 0.25) is 0 Å². The van der Waals surface area contributed by atoms with Gasteiger partial charge in [0.1, 0.15) is 0 Å². The Hall–Kier alpha value is -0.500. The van der Waals surface area contributed by atoms with Crippen molar-refractivity contribution in [3.63, 3.8) is 0 Å². The lowest BCUT2D eigenvalue weighted by atomic mass is 10.4. The normalized spacial score (nSPS) is 10.6. The molecule has 0 spiro atoms. The fourth-order valence-electron chi connectivity index (χ4n) is 0.668. The van der Waals surface area contributed by atoms with Gasteiger partial charge in [0.15, 0.2) is 0 Å². The third-order valence-corrected chi connectivity index (χ3v) is 1.07. The van der Waals surface area contributed by atoms with Crippen molar-refractivity contribution in [2.45, 2.75) is 13.3 Å². The number of nitrogens with zero attached hydrogens (tertiary/aromatic N) is 1. The molecule has 9 heavy (non-hydrogen) atoms. The van der Waals surface area contributed by atoms with E-state index in [1.165, 1.54) is 6.42 Å². The Morgan fingerprint density at radius 3 is 2.67 bits per heavy atom. The van der Waals surface area contributed by atoms with Crippen LogP contribution in [0.1, 0.15) is 13.3 Å². The van der Waals surface area contributed by atoms with Gasteiger partial charge in [0, 0.05) is 20.1 Å². The molecule has 2 nitrogen and oxygen atoms in total. The standard InChI is InChI=1S/C7H16N2/c1-3-6-9(2)7-4-5-8/h4,7H,3,5-6,8H2,1-2H3. The number of nitrogens with two attached hydrogens (primary N) is 1. The lowest BCUT2D eigenvalue weighted by Crippen LogP contribution is -2.11. The van der Waals surface area contributed by atoms with E-state index >= 15 is 0 Å². The van der Waals surface area contributed by atoms with Crippen molar-refractivity contribution in [2.75, 3.05) is 20.1 Å². The maximum Gasteiger partial charge on any atom is 0.0166 e. The van der Waals surface area contributed by atoms with Crippen LogP contribution in [0, 0.1) is 0 Å². The highest BCUT2D eigenvalue weighted by molar-refractivity contribution is 4.80. The minimum atomic E-state index is 0.633. The second kappa shape index (κ2) is 5.63. The summed E-state index contributed by atoms with van der Waals surface area (Å²) in [6.45, 7) is 3.90. The first-order valence-corrected chi connectivity index (χ1v) is 3.38. The van der Waals surface area contributed by atoms with E-state index in [0.717, 1.165) is 6.54 Å². The van der Waals surface area contributed by atoms with Gasteiger partial charge in [0.2, 0.25) is 0 Å². The summed E-state index contributed by atoms with van der Waals surface area (Å²) in [7, 11) is 2.05. The van der Waals surface area contributed by atoms with Gasteiger partial charge < -0.3 is 10.6 Å². The molecule has 0 aromatic carbocycles. The summed E-state index contributed by atoms with van der Waals surface area (Å²) < 4.78 is 0. The molecule has 0 saturated carbocycles. The Balaban J connectivity index is 3.25. The van der Waals surface area contributed by atoms with Gasteiger partial charge in [-0.2, -0.15) is 0 Å².